The maximum Gasteiger partial charge on any atom is 0.251 e. The number of carbonyl (C=O) groups is 4. The van der Waals surface area contributed by atoms with Crippen molar-refractivity contribution in [2.45, 2.75) is 84.3 Å². The Balaban J connectivity index is 1.75. The van der Waals surface area contributed by atoms with E-state index in [-0.39, 0.29) is 47.9 Å². The Hall–Kier alpha value is -2.90. The summed E-state index contributed by atoms with van der Waals surface area (Å²) in [6.07, 6.45) is 4.54. The van der Waals surface area contributed by atoms with Crippen LogP contribution in [-0.4, -0.2) is 78.6 Å². The molecule has 37 heavy (non-hydrogen) atoms. The Morgan fingerprint density at radius 3 is 2.16 bits per heavy atom. The topological polar surface area (TPSA) is 90.0 Å². The van der Waals surface area contributed by atoms with Crippen LogP contribution in [0, 0.1) is 11.8 Å². The lowest BCUT2D eigenvalue weighted by atomic mass is 9.96. The number of rotatable bonds is 11. The number of hydrogen-bond acceptors (Lipinski definition) is 5. The van der Waals surface area contributed by atoms with E-state index < -0.39 is 12.1 Å². The van der Waals surface area contributed by atoms with Crippen LogP contribution in [0.25, 0.3) is 0 Å². The number of benzene rings is 1. The van der Waals surface area contributed by atoms with Gasteiger partial charge < -0.3 is 20.0 Å². The van der Waals surface area contributed by atoms with E-state index in [2.05, 4.69) is 19.2 Å². The molecule has 2 fully saturated rings. The molecule has 2 heterocycles. The molecule has 1 aromatic carbocycles. The van der Waals surface area contributed by atoms with Crippen molar-refractivity contribution in [1.82, 2.24) is 15.1 Å². The smallest absolute Gasteiger partial charge is 0.251 e. The molecular formula is C29H44N4O4. The average Bonchev–Trinajstić information content (AvgIpc) is 3.43. The Bertz CT molecular complexity index is 969. The first kappa shape index (κ1) is 28.7. The van der Waals surface area contributed by atoms with E-state index in [9.17, 15) is 19.2 Å². The van der Waals surface area contributed by atoms with E-state index in [0.717, 1.165) is 31.4 Å². The number of amides is 3. The van der Waals surface area contributed by atoms with Gasteiger partial charge in [-0.2, -0.15) is 0 Å². The van der Waals surface area contributed by atoms with Crippen molar-refractivity contribution < 1.29 is 19.2 Å². The number of ketones is 1. The minimum Gasteiger partial charge on any atom is -0.378 e. The molecule has 0 unspecified atom stereocenters. The predicted molar refractivity (Wildman–Crippen MR) is 145 cm³/mol. The number of fused-ring (bicyclic) bond motifs is 1. The molecule has 1 aromatic rings. The van der Waals surface area contributed by atoms with E-state index in [1.54, 1.807) is 21.9 Å². The molecule has 8 heteroatoms. The van der Waals surface area contributed by atoms with Gasteiger partial charge in [-0.3, -0.25) is 19.2 Å². The highest BCUT2D eigenvalue weighted by atomic mass is 16.2. The molecule has 2 saturated heterocycles. The van der Waals surface area contributed by atoms with Crippen LogP contribution in [0.4, 0.5) is 5.69 Å². The molecule has 0 bridgehead atoms. The monoisotopic (exact) mass is 512 g/mol. The number of hydrogen-bond donors (Lipinski definition) is 1. The Morgan fingerprint density at radius 1 is 1.00 bits per heavy atom. The van der Waals surface area contributed by atoms with E-state index in [1.165, 1.54) is 0 Å². The van der Waals surface area contributed by atoms with Gasteiger partial charge >= 0.3 is 0 Å². The second kappa shape index (κ2) is 12.6. The standard InChI is InChI=1S/C29H44N4O4/c1-7-9-21(10-8-2)28(36)33-18-25(34)26-24(33)15-16-32(26)29(37)23(17-19(3)4)30-27(35)20-11-13-22(14-12-20)31(5)6/h11-14,19,21,23-24,26H,7-10,15-18H2,1-6H3,(H,30,35)/t23-,24+,26-/m0/s1. The molecule has 0 aliphatic carbocycles. The zero-order valence-electron chi connectivity index (χ0n) is 23.3. The van der Waals surface area contributed by atoms with Crippen LogP contribution in [0.3, 0.4) is 0 Å². The molecule has 0 saturated carbocycles. The van der Waals surface area contributed by atoms with Crippen molar-refractivity contribution in [3.05, 3.63) is 29.8 Å². The second-order valence-electron chi connectivity index (χ2n) is 11.1. The molecule has 2 aliphatic rings. The highest BCUT2D eigenvalue weighted by Gasteiger charge is 2.52. The van der Waals surface area contributed by atoms with Gasteiger partial charge in [0.15, 0.2) is 5.78 Å². The normalized spacial score (nSPS) is 19.9. The molecule has 1 N–H and O–H groups in total. The van der Waals surface area contributed by atoms with Crippen LogP contribution in [0.1, 0.15) is 76.6 Å². The van der Waals surface area contributed by atoms with Crippen molar-refractivity contribution in [1.29, 1.82) is 0 Å². The van der Waals surface area contributed by atoms with Crippen LogP contribution in [0.5, 0.6) is 0 Å². The Morgan fingerprint density at radius 2 is 1.62 bits per heavy atom. The quantitative estimate of drug-likeness (QED) is 0.490. The fourth-order valence-corrected chi connectivity index (χ4v) is 5.73. The maximum absolute atomic E-state index is 13.7. The van der Waals surface area contributed by atoms with Crippen molar-refractivity contribution >= 4 is 29.2 Å². The SMILES string of the molecule is CCCC(CCC)C(=O)N1CC(=O)[C@@H]2[C@H]1CCN2C(=O)[C@H](CC(C)C)NC(=O)c1ccc(N(C)C)cc1. The first-order valence-electron chi connectivity index (χ1n) is 13.8. The number of nitrogens with zero attached hydrogens (tertiary/aromatic N) is 3. The summed E-state index contributed by atoms with van der Waals surface area (Å²) < 4.78 is 0. The van der Waals surface area contributed by atoms with Crippen LogP contribution in [0.15, 0.2) is 24.3 Å². The molecular weight excluding hydrogens is 468 g/mol. The molecule has 3 amide bonds. The zero-order chi connectivity index (χ0) is 27.3. The summed E-state index contributed by atoms with van der Waals surface area (Å²) in [6, 6.07) is 5.62. The lowest BCUT2D eigenvalue weighted by Crippen LogP contribution is -2.53. The summed E-state index contributed by atoms with van der Waals surface area (Å²) in [5, 5.41) is 2.93. The van der Waals surface area contributed by atoms with Gasteiger partial charge in [-0.1, -0.05) is 40.5 Å². The molecule has 0 radical (unpaired) electrons. The van der Waals surface area contributed by atoms with Crippen molar-refractivity contribution in [3.63, 3.8) is 0 Å². The summed E-state index contributed by atoms with van der Waals surface area (Å²) >= 11 is 0. The number of nitrogens with one attached hydrogen (secondary N) is 1. The van der Waals surface area contributed by atoms with Gasteiger partial charge in [0.05, 0.1) is 12.6 Å². The van der Waals surface area contributed by atoms with Crippen LogP contribution >= 0.6 is 0 Å². The zero-order valence-corrected chi connectivity index (χ0v) is 23.3. The van der Waals surface area contributed by atoms with E-state index in [4.69, 9.17) is 0 Å². The Kier molecular flexibility index (Phi) is 9.74. The van der Waals surface area contributed by atoms with Gasteiger partial charge in [0, 0.05) is 37.8 Å². The lowest BCUT2D eigenvalue weighted by molar-refractivity contribution is -0.138. The molecule has 0 aromatic heterocycles. The minimum atomic E-state index is -0.731. The largest absolute Gasteiger partial charge is 0.378 e. The molecule has 3 rings (SSSR count). The second-order valence-corrected chi connectivity index (χ2v) is 11.1. The van der Waals surface area contributed by atoms with Gasteiger partial charge in [0.1, 0.15) is 12.1 Å². The van der Waals surface area contributed by atoms with Crippen molar-refractivity contribution in [2.24, 2.45) is 11.8 Å². The summed E-state index contributed by atoms with van der Waals surface area (Å²) in [7, 11) is 3.87. The van der Waals surface area contributed by atoms with Crippen molar-refractivity contribution in [3.8, 4) is 0 Å². The number of likely N-dealkylation sites (tertiary alicyclic amines) is 2. The minimum absolute atomic E-state index is 0.0482. The summed E-state index contributed by atoms with van der Waals surface area (Å²) in [5.41, 5.74) is 1.46. The van der Waals surface area contributed by atoms with Crippen LogP contribution in [-0.2, 0) is 14.4 Å². The first-order chi connectivity index (χ1) is 17.6. The van der Waals surface area contributed by atoms with Crippen LogP contribution in [0.2, 0.25) is 0 Å². The maximum atomic E-state index is 13.7. The Labute approximate surface area is 221 Å². The van der Waals surface area contributed by atoms with Gasteiger partial charge in [-0.05, 0) is 55.9 Å². The van der Waals surface area contributed by atoms with Gasteiger partial charge in [0.25, 0.3) is 5.91 Å². The van der Waals surface area contributed by atoms with Crippen molar-refractivity contribution in [2.75, 3.05) is 32.1 Å². The molecule has 0 spiro atoms. The van der Waals surface area contributed by atoms with Crippen LogP contribution < -0.4 is 10.2 Å². The number of Topliss-reactive ketones (excluding diaryl/α,β-unsaturated/α-hetero) is 1. The molecule has 2 aliphatic heterocycles. The molecule has 8 nitrogen and oxygen atoms in total. The predicted octanol–water partition coefficient (Wildman–Crippen LogP) is 3.49. The molecule has 204 valence electrons. The van der Waals surface area contributed by atoms with Gasteiger partial charge in [-0.15, -0.1) is 0 Å². The third-order valence-corrected chi connectivity index (χ3v) is 7.57. The fourth-order valence-electron chi connectivity index (χ4n) is 5.73. The van der Waals surface area contributed by atoms with E-state index in [0.29, 0.717) is 24.9 Å². The fraction of sp³-hybridized carbons (Fsp3) is 0.655. The van der Waals surface area contributed by atoms with Gasteiger partial charge in [0.2, 0.25) is 11.8 Å². The summed E-state index contributed by atoms with van der Waals surface area (Å²) in [6.45, 7) is 8.65. The van der Waals surface area contributed by atoms with E-state index >= 15 is 0 Å². The molecule has 3 atom stereocenters. The summed E-state index contributed by atoms with van der Waals surface area (Å²) in [4.78, 5) is 58.6. The third kappa shape index (κ3) is 6.51. The first-order valence-corrected chi connectivity index (χ1v) is 13.8. The highest BCUT2D eigenvalue weighted by Crippen LogP contribution is 2.33. The third-order valence-electron chi connectivity index (χ3n) is 7.57. The summed E-state index contributed by atoms with van der Waals surface area (Å²) in [5.74, 6) is -0.475. The average molecular weight is 513 g/mol. The van der Waals surface area contributed by atoms with E-state index in [1.807, 2.05) is 45.0 Å². The van der Waals surface area contributed by atoms with Gasteiger partial charge in [-0.25, -0.2) is 0 Å². The number of anilines is 1. The lowest BCUT2D eigenvalue weighted by Gasteiger charge is -2.30. The highest BCUT2D eigenvalue weighted by molar-refractivity contribution is 6.01. The number of carbonyl (C=O) groups excluding carboxylic acids is 4.